The van der Waals surface area contributed by atoms with Gasteiger partial charge in [0, 0.05) is 22.5 Å². The van der Waals surface area contributed by atoms with Gasteiger partial charge in [-0.15, -0.1) is 0 Å². The monoisotopic (exact) mass is 337 g/mol. The van der Waals surface area contributed by atoms with E-state index in [9.17, 15) is 0 Å². The number of rotatable bonds is 1. The van der Waals surface area contributed by atoms with Gasteiger partial charge in [0.05, 0.1) is 0 Å². The second kappa shape index (κ2) is 5.34. The molecule has 1 aliphatic carbocycles. The molecule has 2 nitrogen and oxygen atoms in total. The van der Waals surface area contributed by atoms with Crippen LogP contribution in [0.15, 0.2) is 22.7 Å². The Bertz CT molecular complexity index is 504. The molecule has 4 atom stereocenters. The summed E-state index contributed by atoms with van der Waals surface area (Å²) in [7, 11) is 2.06. The fraction of sp³-hybridized carbons (Fsp3) is 0.647. The molecular weight excluding hydrogens is 314 g/mol. The predicted molar refractivity (Wildman–Crippen MR) is 86.1 cm³/mol. The number of hydrogen-bond acceptors (Lipinski definition) is 2. The van der Waals surface area contributed by atoms with Gasteiger partial charge in [-0.3, -0.25) is 0 Å². The van der Waals surface area contributed by atoms with Gasteiger partial charge in [0.2, 0.25) is 0 Å². The van der Waals surface area contributed by atoms with Crippen LogP contribution in [0.25, 0.3) is 0 Å². The first-order valence-electron chi connectivity index (χ1n) is 7.70. The normalized spacial score (nSPS) is 36.5. The summed E-state index contributed by atoms with van der Waals surface area (Å²) in [6.45, 7) is 4.73. The van der Waals surface area contributed by atoms with Gasteiger partial charge >= 0.3 is 0 Å². The molecule has 0 amide bonds. The smallest absolute Gasteiger partial charge is 0.126 e. The number of benzene rings is 1. The van der Waals surface area contributed by atoms with Crippen LogP contribution in [0.4, 0.5) is 0 Å². The van der Waals surface area contributed by atoms with Gasteiger partial charge in [-0.2, -0.15) is 0 Å². The van der Waals surface area contributed by atoms with E-state index in [4.69, 9.17) is 4.74 Å². The quantitative estimate of drug-likeness (QED) is 0.802. The van der Waals surface area contributed by atoms with Crippen molar-refractivity contribution in [1.29, 1.82) is 0 Å². The highest BCUT2D eigenvalue weighted by Gasteiger charge is 2.47. The Labute approximate surface area is 130 Å². The molecule has 0 radical (unpaired) electrons. The van der Waals surface area contributed by atoms with Gasteiger partial charge < -0.3 is 10.1 Å². The van der Waals surface area contributed by atoms with Crippen molar-refractivity contribution in [3.8, 4) is 5.75 Å². The van der Waals surface area contributed by atoms with E-state index in [1.807, 2.05) is 0 Å². The molecular formula is C17H24BrNO. The van der Waals surface area contributed by atoms with Crippen molar-refractivity contribution >= 4 is 15.9 Å². The Morgan fingerprint density at radius 2 is 2.15 bits per heavy atom. The van der Waals surface area contributed by atoms with Crippen LogP contribution >= 0.6 is 15.9 Å². The molecule has 3 rings (SSSR count). The van der Waals surface area contributed by atoms with Crippen LogP contribution < -0.4 is 10.1 Å². The van der Waals surface area contributed by atoms with Crippen molar-refractivity contribution < 1.29 is 4.74 Å². The molecule has 0 bridgehead atoms. The van der Waals surface area contributed by atoms with Gasteiger partial charge in [0.1, 0.15) is 11.4 Å². The highest BCUT2D eigenvalue weighted by atomic mass is 79.9. The first-order valence-corrected chi connectivity index (χ1v) is 8.49. The van der Waals surface area contributed by atoms with Crippen molar-refractivity contribution in [1.82, 2.24) is 5.32 Å². The van der Waals surface area contributed by atoms with Gasteiger partial charge in [-0.05, 0) is 50.3 Å². The Balaban J connectivity index is 1.97. The number of fused-ring (bicyclic) bond motifs is 1. The zero-order valence-electron chi connectivity index (χ0n) is 12.6. The minimum atomic E-state index is 0.0218. The van der Waals surface area contributed by atoms with Crippen LogP contribution in [0.5, 0.6) is 5.75 Å². The third kappa shape index (κ3) is 2.39. The van der Waals surface area contributed by atoms with Crippen LogP contribution in [-0.2, 0) is 0 Å². The minimum Gasteiger partial charge on any atom is -0.487 e. The summed E-state index contributed by atoms with van der Waals surface area (Å²) >= 11 is 3.57. The molecule has 1 aliphatic heterocycles. The van der Waals surface area contributed by atoms with Crippen molar-refractivity contribution in [2.75, 3.05) is 7.05 Å². The van der Waals surface area contributed by atoms with E-state index in [1.54, 1.807) is 0 Å². The molecule has 0 saturated heterocycles. The molecule has 1 saturated carbocycles. The zero-order valence-corrected chi connectivity index (χ0v) is 14.2. The first-order chi connectivity index (χ1) is 9.54. The van der Waals surface area contributed by atoms with E-state index in [1.165, 1.54) is 24.8 Å². The zero-order chi connectivity index (χ0) is 14.3. The molecule has 1 fully saturated rings. The summed E-state index contributed by atoms with van der Waals surface area (Å²) < 4.78 is 7.66. The molecule has 1 aromatic carbocycles. The van der Waals surface area contributed by atoms with Crippen LogP contribution in [-0.4, -0.2) is 12.6 Å². The van der Waals surface area contributed by atoms with Gasteiger partial charge in [-0.25, -0.2) is 0 Å². The first kappa shape index (κ1) is 14.4. The lowest BCUT2D eigenvalue weighted by molar-refractivity contribution is -0.0547. The lowest BCUT2D eigenvalue weighted by Crippen LogP contribution is -2.51. The standard InChI is InChI=1S/C17H24BrNO/c1-11-6-7-17(12(2)8-11)10-15(19-3)14-5-4-13(18)9-16(14)20-17/h4-5,9,11-12,15,19H,6-8,10H2,1-3H3. The number of halogens is 1. The van der Waals surface area contributed by atoms with Crippen LogP contribution in [0.3, 0.4) is 0 Å². The predicted octanol–water partition coefficient (Wildman–Crippen LogP) is 4.69. The molecule has 0 aromatic heterocycles. The third-order valence-electron chi connectivity index (χ3n) is 5.28. The summed E-state index contributed by atoms with van der Waals surface area (Å²) in [6.07, 6.45) is 4.83. The van der Waals surface area contributed by atoms with E-state index < -0.39 is 0 Å². The summed E-state index contributed by atoms with van der Waals surface area (Å²) in [5, 5.41) is 3.49. The summed E-state index contributed by atoms with van der Waals surface area (Å²) in [6, 6.07) is 6.83. The van der Waals surface area contributed by atoms with Gasteiger partial charge in [0.25, 0.3) is 0 Å². The Morgan fingerprint density at radius 1 is 1.35 bits per heavy atom. The average Bonchev–Trinajstić information content (AvgIpc) is 2.42. The maximum Gasteiger partial charge on any atom is 0.126 e. The number of nitrogens with one attached hydrogen (secondary N) is 1. The van der Waals surface area contributed by atoms with E-state index >= 15 is 0 Å². The molecule has 1 spiro atoms. The highest BCUT2D eigenvalue weighted by Crippen LogP contribution is 2.49. The van der Waals surface area contributed by atoms with Gasteiger partial charge in [0.15, 0.2) is 0 Å². The lowest BCUT2D eigenvalue weighted by Gasteiger charge is -2.49. The van der Waals surface area contributed by atoms with Crippen LogP contribution in [0.2, 0.25) is 0 Å². The van der Waals surface area contributed by atoms with Crippen LogP contribution in [0.1, 0.15) is 51.1 Å². The van der Waals surface area contributed by atoms with E-state index in [0.717, 1.165) is 22.6 Å². The summed E-state index contributed by atoms with van der Waals surface area (Å²) in [5.74, 6) is 2.51. The summed E-state index contributed by atoms with van der Waals surface area (Å²) in [4.78, 5) is 0. The van der Waals surface area contributed by atoms with Gasteiger partial charge in [-0.1, -0.05) is 35.8 Å². The average molecular weight is 338 g/mol. The fourth-order valence-corrected chi connectivity index (χ4v) is 4.33. The fourth-order valence-electron chi connectivity index (χ4n) is 3.99. The Morgan fingerprint density at radius 3 is 2.85 bits per heavy atom. The van der Waals surface area contributed by atoms with Crippen molar-refractivity contribution in [3.63, 3.8) is 0 Å². The topological polar surface area (TPSA) is 21.3 Å². The molecule has 1 aromatic rings. The minimum absolute atomic E-state index is 0.0218. The second-order valence-corrected chi connectivity index (χ2v) is 7.59. The van der Waals surface area contributed by atoms with E-state index in [0.29, 0.717) is 12.0 Å². The Hall–Kier alpha value is -0.540. The molecule has 20 heavy (non-hydrogen) atoms. The summed E-state index contributed by atoms with van der Waals surface area (Å²) in [5.41, 5.74) is 1.32. The lowest BCUT2D eigenvalue weighted by atomic mass is 9.68. The van der Waals surface area contributed by atoms with Crippen LogP contribution in [0, 0.1) is 11.8 Å². The molecule has 110 valence electrons. The maximum absolute atomic E-state index is 6.56. The molecule has 1 N–H and O–H groups in total. The largest absolute Gasteiger partial charge is 0.487 e. The molecule has 2 aliphatic rings. The van der Waals surface area contributed by atoms with E-state index in [-0.39, 0.29) is 5.60 Å². The third-order valence-corrected chi connectivity index (χ3v) is 5.77. The van der Waals surface area contributed by atoms with Crippen molar-refractivity contribution in [2.45, 2.75) is 51.2 Å². The molecule has 3 heteroatoms. The van der Waals surface area contributed by atoms with E-state index in [2.05, 4.69) is 60.3 Å². The highest BCUT2D eigenvalue weighted by molar-refractivity contribution is 9.10. The maximum atomic E-state index is 6.56. The molecule has 4 unspecified atom stereocenters. The Kier molecular flexibility index (Phi) is 3.85. The number of ether oxygens (including phenoxy) is 1. The SMILES string of the molecule is CNC1CC2(CCC(C)CC2C)Oc2cc(Br)ccc21. The number of hydrogen-bond donors (Lipinski definition) is 1. The molecule has 1 heterocycles. The van der Waals surface area contributed by atoms with Crippen molar-refractivity contribution in [3.05, 3.63) is 28.2 Å². The second-order valence-electron chi connectivity index (χ2n) is 6.67. The van der Waals surface area contributed by atoms with Crippen molar-refractivity contribution in [2.24, 2.45) is 11.8 Å².